The summed E-state index contributed by atoms with van der Waals surface area (Å²) in [6, 6.07) is 4.04. The lowest BCUT2D eigenvalue weighted by Gasteiger charge is -2.08. The van der Waals surface area contributed by atoms with E-state index in [-0.39, 0.29) is 16.7 Å². The van der Waals surface area contributed by atoms with Crippen molar-refractivity contribution in [1.29, 1.82) is 0 Å². The van der Waals surface area contributed by atoms with Gasteiger partial charge in [-0.3, -0.25) is 0 Å². The molecule has 1 aromatic carbocycles. The highest BCUT2D eigenvalue weighted by molar-refractivity contribution is 6.05. The van der Waals surface area contributed by atoms with Crippen LogP contribution in [0.25, 0.3) is 0 Å². The third-order valence-corrected chi connectivity index (χ3v) is 3.88. The van der Waals surface area contributed by atoms with E-state index in [2.05, 4.69) is 0 Å². The quantitative estimate of drug-likeness (QED) is 0.234. The fraction of sp³-hybridized carbons (Fsp3) is 0.375. The molecule has 0 saturated heterocycles. The van der Waals surface area contributed by atoms with Crippen LogP contribution < -0.4 is 0 Å². The van der Waals surface area contributed by atoms with Crippen molar-refractivity contribution >= 4 is 17.9 Å². The molecule has 0 aliphatic carbocycles. The van der Waals surface area contributed by atoms with Gasteiger partial charge in [-0.05, 0) is 55.7 Å². The van der Waals surface area contributed by atoms with Gasteiger partial charge in [0.1, 0.15) is 0 Å². The second kappa shape index (κ2) is 14.8. The van der Waals surface area contributed by atoms with Crippen LogP contribution in [0.2, 0.25) is 0 Å². The summed E-state index contributed by atoms with van der Waals surface area (Å²) in [5.74, 6) is -2.11. The predicted octanol–water partition coefficient (Wildman–Crippen LogP) is 6.10. The van der Waals surface area contributed by atoms with Crippen LogP contribution >= 0.6 is 0 Å². The molecule has 0 aliphatic heterocycles. The van der Waals surface area contributed by atoms with Crippen molar-refractivity contribution in [3.8, 4) is 0 Å². The third-order valence-electron chi connectivity index (χ3n) is 3.88. The number of esters is 3. The molecule has 0 spiro atoms. The Morgan fingerprint density at radius 2 is 1.10 bits per heavy atom. The minimum atomic E-state index is -0.761. The van der Waals surface area contributed by atoms with Gasteiger partial charge in [-0.15, -0.1) is 0 Å². The van der Waals surface area contributed by atoms with Crippen molar-refractivity contribution in [2.24, 2.45) is 0 Å². The van der Waals surface area contributed by atoms with Crippen LogP contribution in [-0.4, -0.2) is 17.9 Å². The van der Waals surface area contributed by atoms with Crippen LogP contribution in [0.3, 0.4) is 0 Å². The Kier molecular flexibility index (Phi) is 12.3. The van der Waals surface area contributed by atoms with E-state index in [9.17, 15) is 14.4 Å². The molecular formula is C24H30O6. The van der Waals surface area contributed by atoms with Gasteiger partial charge in [0.25, 0.3) is 0 Å². The average Bonchev–Trinajstić information content (AvgIpc) is 2.76. The first-order valence-corrected chi connectivity index (χ1v) is 10.3. The van der Waals surface area contributed by atoms with E-state index in [1.807, 2.05) is 20.8 Å². The van der Waals surface area contributed by atoms with Crippen molar-refractivity contribution < 1.29 is 28.6 Å². The van der Waals surface area contributed by atoms with Crippen LogP contribution in [0.15, 0.2) is 55.2 Å². The zero-order valence-electron chi connectivity index (χ0n) is 17.9. The van der Waals surface area contributed by atoms with Crippen LogP contribution in [0.1, 0.15) is 90.4 Å². The summed E-state index contributed by atoms with van der Waals surface area (Å²) >= 11 is 0. The number of carbonyl (C=O) groups is 3. The maximum atomic E-state index is 12.5. The summed E-state index contributed by atoms with van der Waals surface area (Å²) in [5.41, 5.74) is 0.0545. The van der Waals surface area contributed by atoms with Crippen LogP contribution in [0, 0.1) is 0 Å². The second-order valence-electron chi connectivity index (χ2n) is 6.46. The van der Waals surface area contributed by atoms with Gasteiger partial charge in [0, 0.05) is 0 Å². The molecule has 1 aromatic rings. The molecule has 0 atom stereocenters. The van der Waals surface area contributed by atoms with Crippen LogP contribution in [0.4, 0.5) is 0 Å². The first-order valence-electron chi connectivity index (χ1n) is 10.3. The number of hydrogen-bond acceptors (Lipinski definition) is 6. The molecule has 0 N–H and O–H groups in total. The molecule has 6 nitrogen and oxygen atoms in total. The molecule has 0 aromatic heterocycles. The van der Waals surface area contributed by atoms with Gasteiger partial charge in [-0.1, -0.05) is 40.0 Å². The Labute approximate surface area is 178 Å². The molecule has 0 aliphatic rings. The molecule has 0 radical (unpaired) electrons. The Bertz CT molecular complexity index is 789. The molecule has 162 valence electrons. The lowest BCUT2D eigenvalue weighted by molar-refractivity contribution is 0.0615. The maximum absolute atomic E-state index is 12.5. The molecule has 30 heavy (non-hydrogen) atoms. The Hall–Kier alpha value is -3.15. The molecule has 0 fully saturated rings. The van der Waals surface area contributed by atoms with E-state index < -0.39 is 17.9 Å². The SMILES string of the molecule is CCCC=COC(=O)c1ccc(C(=O)OC=CCCC)c(C(=O)OC=CCCC)c1. The fourth-order valence-corrected chi connectivity index (χ4v) is 2.25. The highest BCUT2D eigenvalue weighted by Gasteiger charge is 2.21. The number of benzene rings is 1. The molecule has 1 rings (SSSR count). The summed E-state index contributed by atoms with van der Waals surface area (Å²) < 4.78 is 15.2. The van der Waals surface area contributed by atoms with Crippen molar-refractivity contribution in [2.75, 3.05) is 0 Å². The molecule has 0 bridgehead atoms. The van der Waals surface area contributed by atoms with Crippen LogP contribution in [-0.2, 0) is 14.2 Å². The minimum Gasteiger partial charge on any atom is -0.431 e. The summed E-state index contributed by atoms with van der Waals surface area (Å²) in [7, 11) is 0. The molecule has 0 unspecified atom stereocenters. The number of unbranched alkanes of at least 4 members (excludes halogenated alkanes) is 3. The first-order chi connectivity index (χ1) is 14.5. The molecule has 0 heterocycles. The van der Waals surface area contributed by atoms with E-state index in [1.165, 1.54) is 37.0 Å². The molecular weight excluding hydrogens is 384 g/mol. The smallest absolute Gasteiger partial charge is 0.343 e. The minimum absolute atomic E-state index is 0.00288. The normalized spacial score (nSPS) is 11.3. The van der Waals surface area contributed by atoms with Gasteiger partial charge in [0.05, 0.1) is 35.5 Å². The Morgan fingerprint density at radius 1 is 0.667 bits per heavy atom. The van der Waals surface area contributed by atoms with Gasteiger partial charge < -0.3 is 14.2 Å². The third kappa shape index (κ3) is 8.90. The summed E-state index contributed by atoms with van der Waals surface area (Å²) in [4.78, 5) is 37.2. The van der Waals surface area contributed by atoms with E-state index in [0.717, 1.165) is 38.5 Å². The van der Waals surface area contributed by atoms with Gasteiger partial charge in [-0.2, -0.15) is 0 Å². The first kappa shape index (κ1) is 24.9. The maximum Gasteiger partial charge on any atom is 0.343 e. The van der Waals surface area contributed by atoms with E-state index in [4.69, 9.17) is 14.2 Å². The molecule has 6 heteroatoms. The highest BCUT2D eigenvalue weighted by Crippen LogP contribution is 2.17. The number of rotatable bonds is 12. The Balaban J connectivity index is 3.09. The summed E-state index contributed by atoms with van der Waals surface area (Å²) in [6.45, 7) is 6.01. The van der Waals surface area contributed by atoms with Crippen molar-refractivity contribution in [3.05, 3.63) is 71.9 Å². The van der Waals surface area contributed by atoms with Gasteiger partial charge in [-0.25, -0.2) is 14.4 Å². The summed E-state index contributed by atoms with van der Waals surface area (Å²) in [6.07, 6.45) is 14.1. The second-order valence-corrected chi connectivity index (χ2v) is 6.46. The average molecular weight is 414 g/mol. The monoisotopic (exact) mass is 414 g/mol. The number of ether oxygens (including phenoxy) is 3. The fourth-order valence-electron chi connectivity index (χ4n) is 2.25. The highest BCUT2D eigenvalue weighted by atomic mass is 16.5. The number of carbonyl (C=O) groups excluding carboxylic acids is 3. The van der Waals surface area contributed by atoms with Crippen molar-refractivity contribution in [2.45, 2.75) is 59.3 Å². The summed E-state index contributed by atoms with van der Waals surface area (Å²) in [5, 5.41) is 0. The van der Waals surface area contributed by atoms with E-state index >= 15 is 0 Å². The van der Waals surface area contributed by atoms with Crippen molar-refractivity contribution in [3.63, 3.8) is 0 Å². The predicted molar refractivity (Wildman–Crippen MR) is 115 cm³/mol. The van der Waals surface area contributed by atoms with Gasteiger partial charge in [0.2, 0.25) is 0 Å². The lowest BCUT2D eigenvalue weighted by Crippen LogP contribution is -2.13. The Morgan fingerprint density at radius 3 is 1.57 bits per heavy atom. The topological polar surface area (TPSA) is 78.9 Å². The van der Waals surface area contributed by atoms with E-state index in [1.54, 1.807) is 18.2 Å². The number of hydrogen-bond donors (Lipinski definition) is 0. The van der Waals surface area contributed by atoms with Gasteiger partial charge >= 0.3 is 17.9 Å². The zero-order chi connectivity index (χ0) is 22.2. The lowest BCUT2D eigenvalue weighted by atomic mass is 10.0. The standard InChI is InChI=1S/C24H30O6/c1-4-7-10-15-28-22(25)19-13-14-20(23(26)29-16-11-8-5-2)21(18-19)24(27)30-17-12-9-6-3/h10-18H,4-9H2,1-3H3. The molecule has 0 saturated carbocycles. The van der Waals surface area contributed by atoms with Crippen LogP contribution in [0.5, 0.6) is 0 Å². The zero-order valence-corrected chi connectivity index (χ0v) is 17.9. The van der Waals surface area contributed by atoms with Crippen molar-refractivity contribution in [1.82, 2.24) is 0 Å². The number of allylic oxidation sites excluding steroid dienone is 3. The van der Waals surface area contributed by atoms with E-state index in [0.29, 0.717) is 0 Å². The van der Waals surface area contributed by atoms with Gasteiger partial charge in [0.15, 0.2) is 0 Å². The molecule has 0 amide bonds. The largest absolute Gasteiger partial charge is 0.431 e.